The standard InChI is InChI=1S/C39H35Cl2N3O3/c1-28-23-30(24-36(41)39(28)47-37-17-16-34(25-42-37)46-27-33-9-5-6-10-35(33)40)13-18-38(45)44-21-19-43(20-22-44)26-29-11-14-32(15-12-29)31-7-3-2-4-8-31/h2-18,23-25H,19-22,26-27H2,1H3/b18-13+. The minimum absolute atomic E-state index is 0.00740. The quantitative estimate of drug-likeness (QED) is 0.140. The number of rotatable bonds is 10. The highest BCUT2D eigenvalue weighted by Gasteiger charge is 2.20. The first-order chi connectivity index (χ1) is 22.9. The smallest absolute Gasteiger partial charge is 0.246 e. The van der Waals surface area contributed by atoms with Crippen molar-refractivity contribution in [3.05, 3.63) is 148 Å². The van der Waals surface area contributed by atoms with Crippen molar-refractivity contribution < 1.29 is 14.3 Å². The summed E-state index contributed by atoms with van der Waals surface area (Å²) in [5, 5.41) is 1.09. The van der Waals surface area contributed by atoms with E-state index in [0.29, 0.717) is 47.1 Å². The summed E-state index contributed by atoms with van der Waals surface area (Å²) < 4.78 is 11.8. The largest absolute Gasteiger partial charge is 0.487 e. The van der Waals surface area contributed by atoms with E-state index in [0.717, 1.165) is 36.3 Å². The summed E-state index contributed by atoms with van der Waals surface area (Å²) in [5.74, 6) is 1.49. The van der Waals surface area contributed by atoms with Crippen LogP contribution in [0.2, 0.25) is 10.0 Å². The normalized spacial score (nSPS) is 13.6. The van der Waals surface area contributed by atoms with Crippen LogP contribution in [0.25, 0.3) is 17.2 Å². The molecule has 1 aliphatic rings. The van der Waals surface area contributed by atoms with E-state index in [1.165, 1.54) is 16.7 Å². The molecule has 6 nitrogen and oxygen atoms in total. The molecule has 1 aromatic heterocycles. The highest BCUT2D eigenvalue weighted by Crippen LogP contribution is 2.34. The number of halogens is 2. The Kier molecular flexibility index (Phi) is 10.5. The first kappa shape index (κ1) is 32.3. The van der Waals surface area contributed by atoms with Gasteiger partial charge in [-0.25, -0.2) is 4.98 Å². The molecule has 0 atom stereocenters. The first-order valence-electron chi connectivity index (χ1n) is 15.6. The molecule has 0 saturated carbocycles. The van der Waals surface area contributed by atoms with Gasteiger partial charge in [-0.15, -0.1) is 0 Å². The van der Waals surface area contributed by atoms with Crippen LogP contribution in [-0.2, 0) is 17.9 Å². The Morgan fingerprint density at radius 1 is 0.830 bits per heavy atom. The molecule has 0 radical (unpaired) electrons. The number of piperazine rings is 1. The molecular formula is C39H35Cl2N3O3. The average Bonchev–Trinajstić information content (AvgIpc) is 3.10. The number of carbonyl (C=O) groups excluding carboxylic acids is 1. The van der Waals surface area contributed by atoms with E-state index in [2.05, 4.69) is 58.4 Å². The lowest BCUT2D eigenvalue weighted by Crippen LogP contribution is -2.47. The second kappa shape index (κ2) is 15.3. The SMILES string of the molecule is Cc1cc(/C=C/C(=O)N2CCN(Cc3ccc(-c4ccccc4)cc3)CC2)cc(Cl)c1Oc1ccc(OCc2ccccc2Cl)cn1. The molecule has 0 N–H and O–H groups in total. The molecule has 1 amide bonds. The highest BCUT2D eigenvalue weighted by molar-refractivity contribution is 6.32. The summed E-state index contributed by atoms with van der Waals surface area (Å²) in [6, 6.07) is 33.9. The number of amides is 1. The topological polar surface area (TPSA) is 54.9 Å². The van der Waals surface area contributed by atoms with E-state index in [-0.39, 0.29) is 5.91 Å². The van der Waals surface area contributed by atoms with Crippen LogP contribution >= 0.6 is 23.2 Å². The lowest BCUT2D eigenvalue weighted by atomic mass is 10.0. The Balaban J connectivity index is 0.982. The Morgan fingerprint density at radius 2 is 1.55 bits per heavy atom. The summed E-state index contributed by atoms with van der Waals surface area (Å²) in [6.07, 6.45) is 5.02. The monoisotopic (exact) mass is 663 g/mol. The van der Waals surface area contributed by atoms with Crippen molar-refractivity contribution in [1.29, 1.82) is 0 Å². The number of pyridine rings is 1. The van der Waals surface area contributed by atoms with Crippen LogP contribution in [0.15, 0.2) is 115 Å². The van der Waals surface area contributed by atoms with Gasteiger partial charge in [-0.2, -0.15) is 0 Å². The third-order valence-corrected chi connectivity index (χ3v) is 8.74. The second-order valence-corrected chi connectivity index (χ2v) is 12.3. The van der Waals surface area contributed by atoms with Gasteiger partial charge in [-0.3, -0.25) is 9.69 Å². The molecular weight excluding hydrogens is 629 g/mol. The van der Waals surface area contributed by atoms with Crippen LogP contribution in [0.1, 0.15) is 22.3 Å². The molecule has 1 saturated heterocycles. The van der Waals surface area contributed by atoms with E-state index >= 15 is 0 Å². The lowest BCUT2D eigenvalue weighted by molar-refractivity contribution is -0.127. The summed E-state index contributed by atoms with van der Waals surface area (Å²) in [4.78, 5) is 21.6. The molecule has 0 spiro atoms. The zero-order valence-electron chi connectivity index (χ0n) is 26.1. The van der Waals surface area contributed by atoms with E-state index in [9.17, 15) is 4.79 Å². The summed E-state index contributed by atoms with van der Waals surface area (Å²) >= 11 is 12.8. The van der Waals surface area contributed by atoms with Gasteiger partial charge in [0.1, 0.15) is 12.4 Å². The zero-order valence-corrected chi connectivity index (χ0v) is 27.6. The molecule has 2 heterocycles. The van der Waals surface area contributed by atoms with Gasteiger partial charge in [0.05, 0.1) is 11.2 Å². The second-order valence-electron chi connectivity index (χ2n) is 11.5. The van der Waals surface area contributed by atoms with Gasteiger partial charge in [-0.1, -0.05) is 96.0 Å². The van der Waals surface area contributed by atoms with Crippen LogP contribution < -0.4 is 9.47 Å². The molecule has 8 heteroatoms. The predicted molar refractivity (Wildman–Crippen MR) is 189 cm³/mol. The van der Waals surface area contributed by atoms with Crippen LogP contribution in [0.3, 0.4) is 0 Å². The number of hydrogen-bond acceptors (Lipinski definition) is 5. The third-order valence-electron chi connectivity index (χ3n) is 8.09. The molecule has 0 aliphatic carbocycles. The lowest BCUT2D eigenvalue weighted by Gasteiger charge is -2.34. The van der Waals surface area contributed by atoms with Crippen LogP contribution in [0, 0.1) is 6.92 Å². The summed E-state index contributed by atoms with van der Waals surface area (Å²) in [7, 11) is 0. The van der Waals surface area contributed by atoms with E-state index in [1.807, 2.05) is 48.2 Å². The highest BCUT2D eigenvalue weighted by atomic mass is 35.5. The molecule has 47 heavy (non-hydrogen) atoms. The maximum absolute atomic E-state index is 13.0. The van der Waals surface area contributed by atoms with Gasteiger partial charge in [0.25, 0.3) is 0 Å². The van der Waals surface area contributed by atoms with E-state index < -0.39 is 0 Å². The van der Waals surface area contributed by atoms with Gasteiger partial charge in [0, 0.05) is 55.5 Å². The number of aryl methyl sites for hydroxylation is 1. The fourth-order valence-electron chi connectivity index (χ4n) is 5.47. The van der Waals surface area contributed by atoms with Gasteiger partial charge in [0.2, 0.25) is 11.8 Å². The van der Waals surface area contributed by atoms with Crippen molar-refractivity contribution in [2.75, 3.05) is 26.2 Å². The molecule has 0 bridgehead atoms. The number of nitrogens with zero attached hydrogens (tertiary/aromatic N) is 3. The van der Waals surface area contributed by atoms with Gasteiger partial charge >= 0.3 is 0 Å². The molecule has 4 aromatic carbocycles. The van der Waals surface area contributed by atoms with Crippen molar-refractivity contribution in [1.82, 2.24) is 14.8 Å². The number of benzene rings is 4. The maximum atomic E-state index is 13.0. The molecule has 0 unspecified atom stereocenters. The van der Waals surface area contributed by atoms with Crippen LogP contribution in [0.5, 0.6) is 17.4 Å². The van der Waals surface area contributed by atoms with Crippen molar-refractivity contribution in [2.24, 2.45) is 0 Å². The first-order valence-corrected chi connectivity index (χ1v) is 16.3. The Bertz CT molecular complexity index is 1810. The van der Waals surface area contributed by atoms with Crippen molar-refractivity contribution >= 4 is 35.2 Å². The molecule has 1 fully saturated rings. The Morgan fingerprint density at radius 3 is 2.26 bits per heavy atom. The van der Waals surface area contributed by atoms with Crippen LogP contribution in [0.4, 0.5) is 0 Å². The van der Waals surface area contributed by atoms with Gasteiger partial charge in [-0.05, 0) is 65.1 Å². The fraction of sp³-hybridized carbons (Fsp3) is 0.179. The van der Waals surface area contributed by atoms with Crippen molar-refractivity contribution in [3.63, 3.8) is 0 Å². The van der Waals surface area contributed by atoms with Crippen LogP contribution in [-0.4, -0.2) is 46.9 Å². The molecule has 238 valence electrons. The van der Waals surface area contributed by atoms with Crippen molar-refractivity contribution in [3.8, 4) is 28.5 Å². The zero-order chi connectivity index (χ0) is 32.6. The average molecular weight is 665 g/mol. The number of aromatic nitrogens is 1. The van der Waals surface area contributed by atoms with Gasteiger partial charge < -0.3 is 14.4 Å². The predicted octanol–water partition coefficient (Wildman–Crippen LogP) is 9.09. The number of ether oxygens (including phenoxy) is 2. The fourth-order valence-corrected chi connectivity index (χ4v) is 5.97. The minimum Gasteiger partial charge on any atom is -0.487 e. The molecule has 1 aliphatic heterocycles. The minimum atomic E-state index is -0.00740. The summed E-state index contributed by atoms with van der Waals surface area (Å²) in [6.45, 7) is 6.17. The van der Waals surface area contributed by atoms with E-state index in [4.69, 9.17) is 32.7 Å². The van der Waals surface area contributed by atoms with E-state index in [1.54, 1.807) is 36.5 Å². The van der Waals surface area contributed by atoms with Gasteiger partial charge in [0.15, 0.2) is 5.75 Å². The third kappa shape index (κ3) is 8.60. The summed E-state index contributed by atoms with van der Waals surface area (Å²) in [5.41, 5.74) is 6.26. The van der Waals surface area contributed by atoms with Crippen molar-refractivity contribution in [2.45, 2.75) is 20.1 Å². The number of carbonyl (C=O) groups is 1. The maximum Gasteiger partial charge on any atom is 0.246 e. The Hall–Kier alpha value is -4.62. The Labute approximate surface area is 285 Å². The molecule has 5 aromatic rings. The molecule has 6 rings (SSSR count). The number of hydrogen-bond donors (Lipinski definition) is 0.